The van der Waals surface area contributed by atoms with E-state index in [1.54, 1.807) is 0 Å². The molecule has 4 aliphatic rings. The third-order valence-electron chi connectivity index (χ3n) is 9.50. The Morgan fingerprint density at radius 1 is 0.917 bits per heavy atom. The number of ketones is 1. The molecule has 24 heavy (non-hydrogen) atoms. The summed E-state index contributed by atoms with van der Waals surface area (Å²) in [6.07, 6.45) is 9.49. The Hall–Kier alpha value is -0.370. The summed E-state index contributed by atoms with van der Waals surface area (Å²) >= 11 is 0. The standard InChI is InChI=1S/C22H36O2/c1-13-11-16-18-6-5-17(14(2)23)21(18,3)10-8-19(16)22(4)9-7-15(24)12-20(13)22/h13,15-20,24H,5-12H2,1-4H3/t13-,15-,16?,17-,18?,19?,20+,21-,22-/m1/s1. The van der Waals surface area contributed by atoms with Crippen LogP contribution in [0.2, 0.25) is 0 Å². The van der Waals surface area contributed by atoms with Crippen molar-refractivity contribution in [1.29, 1.82) is 0 Å². The summed E-state index contributed by atoms with van der Waals surface area (Å²) in [4.78, 5) is 12.2. The second-order valence-corrected chi connectivity index (χ2v) is 10.4. The summed E-state index contributed by atoms with van der Waals surface area (Å²) < 4.78 is 0. The smallest absolute Gasteiger partial charge is 0.133 e. The van der Waals surface area contributed by atoms with Gasteiger partial charge in [0.1, 0.15) is 5.78 Å². The number of aliphatic hydroxyl groups excluding tert-OH is 1. The van der Waals surface area contributed by atoms with Gasteiger partial charge in [-0.05, 0) is 98.7 Å². The molecule has 2 heteroatoms. The van der Waals surface area contributed by atoms with Crippen LogP contribution in [0.5, 0.6) is 0 Å². The lowest BCUT2D eigenvalue weighted by atomic mass is 9.43. The number of carbonyl (C=O) groups is 1. The number of carbonyl (C=O) groups excluding carboxylic acids is 1. The molecular weight excluding hydrogens is 296 g/mol. The molecule has 0 bridgehead atoms. The van der Waals surface area contributed by atoms with Gasteiger partial charge in [-0.3, -0.25) is 4.79 Å². The number of Topliss-reactive ketones (excluding diaryl/α,β-unsaturated/α-hetero) is 1. The molecule has 4 fully saturated rings. The van der Waals surface area contributed by atoms with Crippen LogP contribution in [0, 0.1) is 46.3 Å². The Morgan fingerprint density at radius 2 is 1.58 bits per heavy atom. The summed E-state index contributed by atoms with van der Waals surface area (Å²) in [5, 5.41) is 10.2. The van der Waals surface area contributed by atoms with Gasteiger partial charge in [-0.2, -0.15) is 0 Å². The highest BCUT2D eigenvalue weighted by Gasteiger charge is 2.61. The van der Waals surface area contributed by atoms with Crippen molar-refractivity contribution in [3.63, 3.8) is 0 Å². The third-order valence-corrected chi connectivity index (χ3v) is 9.50. The van der Waals surface area contributed by atoms with Crippen LogP contribution in [0.25, 0.3) is 0 Å². The molecule has 0 aromatic heterocycles. The van der Waals surface area contributed by atoms with Crippen LogP contribution in [0.3, 0.4) is 0 Å². The average molecular weight is 333 g/mol. The highest BCUT2D eigenvalue weighted by molar-refractivity contribution is 5.79. The minimum Gasteiger partial charge on any atom is -0.393 e. The second-order valence-electron chi connectivity index (χ2n) is 10.4. The number of fused-ring (bicyclic) bond motifs is 5. The first-order valence-corrected chi connectivity index (χ1v) is 10.5. The van der Waals surface area contributed by atoms with Crippen LogP contribution >= 0.6 is 0 Å². The lowest BCUT2D eigenvalue weighted by molar-refractivity contribution is -0.151. The lowest BCUT2D eigenvalue weighted by Crippen LogP contribution is -2.56. The van der Waals surface area contributed by atoms with Crippen molar-refractivity contribution in [3.05, 3.63) is 0 Å². The SMILES string of the molecule is CC(=O)[C@H]1CCC2C3C[C@@H](C)[C@@H]4C[C@H](O)CC[C@]4(C)C3CC[C@@]21C. The van der Waals surface area contributed by atoms with Crippen molar-refractivity contribution in [2.45, 2.75) is 85.2 Å². The zero-order chi connectivity index (χ0) is 17.3. The molecule has 0 aliphatic heterocycles. The van der Waals surface area contributed by atoms with E-state index in [0.717, 1.165) is 42.9 Å². The Labute approximate surface area is 147 Å². The zero-order valence-corrected chi connectivity index (χ0v) is 16.1. The monoisotopic (exact) mass is 332 g/mol. The van der Waals surface area contributed by atoms with Gasteiger partial charge in [0.15, 0.2) is 0 Å². The molecule has 3 unspecified atom stereocenters. The van der Waals surface area contributed by atoms with Crippen molar-refractivity contribution in [3.8, 4) is 0 Å². The molecule has 1 N–H and O–H groups in total. The molecule has 0 heterocycles. The Bertz CT molecular complexity index is 528. The molecule has 9 atom stereocenters. The predicted octanol–water partition coefficient (Wildman–Crippen LogP) is 4.84. The first kappa shape index (κ1) is 17.1. The topological polar surface area (TPSA) is 37.3 Å². The maximum absolute atomic E-state index is 12.2. The Kier molecular flexibility index (Phi) is 3.95. The van der Waals surface area contributed by atoms with E-state index in [1.807, 2.05) is 6.92 Å². The quantitative estimate of drug-likeness (QED) is 0.746. The van der Waals surface area contributed by atoms with E-state index in [-0.39, 0.29) is 11.5 Å². The largest absolute Gasteiger partial charge is 0.393 e. The molecule has 0 aromatic carbocycles. The fraction of sp³-hybridized carbons (Fsp3) is 0.955. The van der Waals surface area contributed by atoms with Gasteiger partial charge in [-0.15, -0.1) is 0 Å². The van der Waals surface area contributed by atoms with E-state index in [9.17, 15) is 9.90 Å². The Morgan fingerprint density at radius 3 is 2.29 bits per heavy atom. The molecule has 0 spiro atoms. The van der Waals surface area contributed by atoms with Crippen molar-refractivity contribution >= 4 is 5.78 Å². The van der Waals surface area contributed by atoms with E-state index in [2.05, 4.69) is 20.8 Å². The van der Waals surface area contributed by atoms with E-state index in [0.29, 0.717) is 23.0 Å². The van der Waals surface area contributed by atoms with Crippen LogP contribution in [0.1, 0.15) is 79.1 Å². The summed E-state index contributed by atoms with van der Waals surface area (Å²) in [5.41, 5.74) is 0.696. The number of hydrogen-bond donors (Lipinski definition) is 1. The lowest BCUT2D eigenvalue weighted by Gasteiger charge is -2.62. The predicted molar refractivity (Wildman–Crippen MR) is 96.5 cm³/mol. The highest BCUT2D eigenvalue weighted by Crippen LogP contribution is 2.68. The van der Waals surface area contributed by atoms with Crippen molar-refractivity contribution in [2.24, 2.45) is 46.3 Å². The minimum atomic E-state index is -0.0653. The van der Waals surface area contributed by atoms with Crippen LogP contribution in [0.4, 0.5) is 0 Å². The molecule has 0 aromatic rings. The number of hydrogen-bond acceptors (Lipinski definition) is 2. The molecule has 4 rings (SSSR count). The summed E-state index contributed by atoms with van der Waals surface area (Å²) in [6, 6.07) is 0. The number of rotatable bonds is 1. The molecule has 0 radical (unpaired) electrons. The fourth-order valence-electron chi connectivity index (χ4n) is 8.38. The van der Waals surface area contributed by atoms with Crippen molar-refractivity contribution in [2.75, 3.05) is 0 Å². The van der Waals surface area contributed by atoms with E-state index in [1.165, 1.54) is 32.1 Å². The van der Waals surface area contributed by atoms with E-state index in [4.69, 9.17) is 0 Å². The molecule has 0 amide bonds. The van der Waals surface area contributed by atoms with Gasteiger partial charge in [0.25, 0.3) is 0 Å². The molecule has 2 nitrogen and oxygen atoms in total. The molecular formula is C22H36O2. The second kappa shape index (κ2) is 5.56. The van der Waals surface area contributed by atoms with Crippen LogP contribution in [0.15, 0.2) is 0 Å². The average Bonchev–Trinajstić information content (AvgIpc) is 2.87. The van der Waals surface area contributed by atoms with Crippen molar-refractivity contribution < 1.29 is 9.90 Å². The van der Waals surface area contributed by atoms with Crippen LogP contribution < -0.4 is 0 Å². The molecule has 136 valence electrons. The molecule has 4 saturated carbocycles. The van der Waals surface area contributed by atoms with Gasteiger partial charge in [-0.1, -0.05) is 20.8 Å². The normalized spacial score (nSPS) is 57.0. The fourth-order valence-corrected chi connectivity index (χ4v) is 8.38. The first-order chi connectivity index (χ1) is 11.3. The molecule has 0 saturated heterocycles. The summed E-state index contributed by atoms with van der Waals surface area (Å²) in [7, 11) is 0. The number of aliphatic hydroxyl groups is 1. The van der Waals surface area contributed by atoms with Gasteiger partial charge in [-0.25, -0.2) is 0 Å². The van der Waals surface area contributed by atoms with Crippen LogP contribution in [-0.4, -0.2) is 17.0 Å². The minimum absolute atomic E-state index is 0.0653. The van der Waals surface area contributed by atoms with Crippen LogP contribution in [-0.2, 0) is 4.79 Å². The third kappa shape index (κ3) is 2.20. The highest BCUT2D eigenvalue weighted by atomic mass is 16.3. The first-order valence-electron chi connectivity index (χ1n) is 10.5. The van der Waals surface area contributed by atoms with Gasteiger partial charge in [0.05, 0.1) is 6.10 Å². The maximum Gasteiger partial charge on any atom is 0.133 e. The van der Waals surface area contributed by atoms with Gasteiger partial charge in [0, 0.05) is 5.92 Å². The van der Waals surface area contributed by atoms with E-state index >= 15 is 0 Å². The molecule has 4 aliphatic carbocycles. The Balaban J connectivity index is 1.65. The van der Waals surface area contributed by atoms with Gasteiger partial charge >= 0.3 is 0 Å². The summed E-state index contributed by atoms with van der Waals surface area (Å²) in [5.74, 6) is 4.60. The van der Waals surface area contributed by atoms with Gasteiger partial charge in [0.2, 0.25) is 0 Å². The maximum atomic E-state index is 12.2. The van der Waals surface area contributed by atoms with Gasteiger partial charge < -0.3 is 5.11 Å². The summed E-state index contributed by atoms with van der Waals surface area (Å²) in [6.45, 7) is 9.27. The van der Waals surface area contributed by atoms with E-state index < -0.39 is 0 Å². The van der Waals surface area contributed by atoms with Crippen molar-refractivity contribution in [1.82, 2.24) is 0 Å². The zero-order valence-electron chi connectivity index (χ0n) is 16.1.